The Morgan fingerprint density at radius 1 is 1.21 bits per heavy atom. The fourth-order valence-corrected chi connectivity index (χ4v) is 3.29. The van der Waals surface area contributed by atoms with Crippen molar-refractivity contribution in [2.24, 2.45) is 0 Å². The zero-order chi connectivity index (χ0) is 20.4. The van der Waals surface area contributed by atoms with Crippen LogP contribution in [0, 0.1) is 10.7 Å². The van der Waals surface area contributed by atoms with E-state index in [9.17, 15) is 9.18 Å². The van der Waals surface area contributed by atoms with Gasteiger partial charge in [-0.25, -0.2) is 9.37 Å². The summed E-state index contributed by atoms with van der Waals surface area (Å²) < 4.78 is 21.0. The predicted octanol–water partition coefficient (Wildman–Crippen LogP) is 2.31. The fraction of sp³-hybridized carbons (Fsp3) is 0.200. The van der Waals surface area contributed by atoms with Gasteiger partial charge in [0.05, 0.1) is 23.0 Å². The van der Waals surface area contributed by atoms with E-state index in [0.717, 1.165) is 11.4 Å². The van der Waals surface area contributed by atoms with Gasteiger partial charge in [0.15, 0.2) is 12.5 Å². The zero-order valence-corrected chi connectivity index (χ0v) is 16.5. The first-order valence-corrected chi connectivity index (χ1v) is 9.60. The van der Waals surface area contributed by atoms with Crippen molar-refractivity contribution in [3.63, 3.8) is 0 Å². The Hall–Kier alpha value is -3.17. The van der Waals surface area contributed by atoms with Crippen LogP contribution in [0.1, 0.15) is 12.7 Å². The van der Waals surface area contributed by atoms with Crippen molar-refractivity contribution < 1.29 is 13.7 Å². The second kappa shape index (κ2) is 8.06. The van der Waals surface area contributed by atoms with Crippen molar-refractivity contribution >= 4 is 23.1 Å². The second-order valence-corrected chi connectivity index (χ2v) is 6.97. The van der Waals surface area contributed by atoms with E-state index in [1.165, 1.54) is 10.7 Å². The van der Waals surface area contributed by atoms with Crippen LogP contribution in [0.5, 0.6) is 0 Å². The summed E-state index contributed by atoms with van der Waals surface area (Å²) in [5, 5.41) is 4.89. The molecule has 2 aromatic heterocycles. The van der Waals surface area contributed by atoms with Crippen LogP contribution in [-0.2, 0) is 13.2 Å². The highest BCUT2D eigenvalue weighted by Crippen LogP contribution is 2.20. The lowest BCUT2D eigenvalue weighted by Crippen LogP contribution is -3.09. The summed E-state index contributed by atoms with van der Waals surface area (Å²) >= 11 is 5.26. The molecule has 0 amide bonds. The van der Waals surface area contributed by atoms with Crippen LogP contribution in [0.4, 0.5) is 4.39 Å². The minimum atomic E-state index is -0.423. The van der Waals surface area contributed by atoms with Crippen molar-refractivity contribution in [2.45, 2.75) is 20.1 Å². The van der Waals surface area contributed by atoms with Gasteiger partial charge in [-0.05, 0) is 43.4 Å². The van der Waals surface area contributed by atoms with Gasteiger partial charge in [0.25, 0.3) is 10.4 Å². The van der Waals surface area contributed by atoms with E-state index >= 15 is 0 Å². The number of nitrogens with one attached hydrogen (secondary N) is 2. The van der Waals surface area contributed by atoms with Crippen molar-refractivity contribution in [2.75, 3.05) is 6.54 Å². The average molecular weight is 412 g/mol. The van der Waals surface area contributed by atoms with Crippen LogP contribution in [-0.4, -0.2) is 26.3 Å². The van der Waals surface area contributed by atoms with Crippen molar-refractivity contribution in [3.8, 4) is 11.5 Å². The Balaban J connectivity index is 1.58. The number of hydrogen-bond donors (Lipinski definition) is 2. The number of aromatic amines is 1. The quantitative estimate of drug-likeness (QED) is 0.475. The molecule has 4 rings (SSSR count). The molecule has 148 valence electrons. The minimum Gasteiger partial charge on any atom is -0.409 e. The van der Waals surface area contributed by atoms with Gasteiger partial charge in [0.2, 0.25) is 5.89 Å². The molecule has 29 heavy (non-hydrogen) atoms. The molecule has 9 heteroatoms. The third kappa shape index (κ3) is 4.01. The molecular formula is C20H19FN5O2S+. The van der Waals surface area contributed by atoms with Gasteiger partial charge < -0.3 is 14.3 Å². The average Bonchev–Trinajstić information content (AvgIpc) is 3.08. The third-order valence-electron chi connectivity index (χ3n) is 4.66. The molecule has 0 aliphatic carbocycles. The van der Waals surface area contributed by atoms with Gasteiger partial charge in [-0.3, -0.25) is 4.79 Å². The number of benzene rings is 2. The standard InChI is InChI=1S/C20H18FN5O2S/c1-2-25(11-17-22-16-10-6-4-8-14(16)18(27)23-17)12-26-20(29)28-19(24-26)13-7-3-5-9-15(13)21/h3-10H,2,11-12H2,1H3,(H,22,23,27)/p+1. The molecular weight excluding hydrogens is 393 g/mol. The van der Waals surface area contributed by atoms with Crippen molar-refractivity contribution in [1.29, 1.82) is 0 Å². The molecule has 0 saturated carbocycles. The van der Waals surface area contributed by atoms with Crippen molar-refractivity contribution in [1.82, 2.24) is 19.7 Å². The number of H-pyrrole nitrogens is 1. The number of fused-ring (bicyclic) bond motifs is 1. The lowest BCUT2D eigenvalue weighted by molar-refractivity contribution is -0.936. The van der Waals surface area contributed by atoms with E-state index in [0.29, 0.717) is 29.9 Å². The maximum absolute atomic E-state index is 14.0. The van der Waals surface area contributed by atoms with Crippen LogP contribution in [0.15, 0.2) is 57.7 Å². The molecule has 1 unspecified atom stereocenters. The van der Waals surface area contributed by atoms with Gasteiger partial charge in [-0.15, -0.1) is 5.10 Å². The summed E-state index contributed by atoms with van der Waals surface area (Å²) in [6.07, 6.45) is 0. The molecule has 0 aliphatic rings. The van der Waals surface area contributed by atoms with Crippen LogP contribution < -0.4 is 10.5 Å². The number of nitrogens with zero attached hydrogens (tertiary/aromatic N) is 3. The third-order valence-corrected chi connectivity index (χ3v) is 4.96. The summed E-state index contributed by atoms with van der Waals surface area (Å²) in [7, 11) is 0. The highest BCUT2D eigenvalue weighted by Gasteiger charge is 2.17. The fourth-order valence-electron chi connectivity index (χ4n) is 3.11. The molecule has 2 heterocycles. The molecule has 0 saturated heterocycles. The number of quaternary nitrogens is 1. The lowest BCUT2D eigenvalue weighted by atomic mass is 10.2. The van der Waals surface area contributed by atoms with Crippen LogP contribution in [0.25, 0.3) is 22.4 Å². The Bertz CT molecular complexity index is 1280. The number of halogens is 1. The first kappa shape index (κ1) is 19.2. The summed E-state index contributed by atoms with van der Waals surface area (Å²) in [5.41, 5.74) is 0.749. The molecule has 0 spiro atoms. The summed E-state index contributed by atoms with van der Waals surface area (Å²) in [4.78, 5) is 20.9. The largest absolute Gasteiger partial charge is 0.409 e. The maximum atomic E-state index is 14.0. The maximum Gasteiger partial charge on any atom is 0.292 e. The topological polar surface area (TPSA) is 81.2 Å². The van der Waals surface area contributed by atoms with Gasteiger partial charge in [0, 0.05) is 0 Å². The molecule has 2 N–H and O–H groups in total. The second-order valence-electron chi connectivity index (χ2n) is 6.62. The highest BCUT2D eigenvalue weighted by atomic mass is 32.1. The highest BCUT2D eigenvalue weighted by molar-refractivity contribution is 7.71. The monoisotopic (exact) mass is 412 g/mol. The summed E-state index contributed by atoms with van der Waals surface area (Å²) in [5.74, 6) is 0.296. The summed E-state index contributed by atoms with van der Waals surface area (Å²) in [6, 6.07) is 13.5. The molecule has 1 atom stereocenters. The lowest BCUT2D eigenvalue weighted by Gasteiger charge is -2.16. The Morgan fingerprint density at radius 2 is 1.97 bits per heavy atom. The molecule has 0 radical (unpaired) electrons. The van der Waals surface area contributed by atoms with E-state index in [1.54, 1.807) is 24.3 Å². The van der Waals surface area contributed by atoms with Gasteiger partial charge in [-0.2, -0.15) is 4.68 Å². The van der Waals surface area contributed by atoms with E-state index < -0.39 is 5.82 Å². The van der Waals surface area contributed by atoms with E-state index in [-0.39, 0.29) is 21.9 Å². The van der Waals surface area contributed by atoms with Gasteiger partial charge >= 0.3 is 0 Å². The van der Waals surface area contributed by atoms with Crippen LogP contribution in [0.3, 0.4) is 0 Å². The first-order valence-electron chi connectivity index (χ1n) is 9.19. The van der Waals surface area contributed by atoms with Gasteiger partial charge in [0.1, 0.15) is 12.4 Å². The minimum absolute atomic E-state index is 0.140. The van der Waals surface area contributed by atoms with E-state index in [2.05, 4.69) is 15.1 Å². The summed E-state index contributed by atoms with van der Waals surface area (Å²) in [6.45, 7) is 3.61. The smallest absolute Gasteiger partial charge is 0.292 e. The zero-order valence-electron chi connectivity index (χ0n) is 15.7. The number of hydrogen-bond acceptors (Lipinski definition) is 5. The molecule has 2 aromatic carbocycles. The Morgan fingerprint density at radius 3 is 2.76 bits per heavy atom. The first-order chi connectivity index (χ1) is 14.0. The molecule has 7 nitrogen and oxygen atoms in total. The molecule has 0 aliphatic heterocycles. The SMILES string of the molecule is CC[NH+](Cc1nc2ccccc2c(=O)[nH]1)Cn1nc(-c2ccccc2F)oc1=S. The van der Waals surface area contributed by atoms with Crippen LogP contribution >= 0.6 is 12.2 Å². The van der Waals surface area contributed by atoms with Crippen LogP contribution in [0.2, 0.25) is 0 Å². The number of para-hydroxylation sites is 1. The predicted molar refractivity (Wildman–Crippen MR) is 108 cm³/mol. The Kier molecular flexibility index (Phi) is 5.32. The molecule has 4 aromatic rings. The van der Waals surface area contributed by atoms with Gasteiger partial charge in [-0.1, -0.05) is 24.3 Å². The number of aromatic nitrogens is 4. The molecule has 0 fully saturated rings. The molecule has 0 bridgehead atoms. The Labute approximate surface area is 170 Å². The van der Waals surface area contributed by atoms with E-state index in [1.807, 2.05) is 25.1 Å². The van der Waals surface area contributed by atoms with E-state index in [4.69, 9.17) is 16.6 Å². The van der Waals surface area contributed by atoms with Crippen molar-refractivity contribution in [3.05, 3.63) is 75.4 Å². The number of rotatable bonds is 6. The normalized spacial score (nSPS) is 12.3.